The highest BCUT2D eigenvalue weighted by molar-refractivity contribution is 5.81. The molecule has 1 aliphatic carbocycles. The molecular weight excluding hydrogens is 373 g/mol. The first-order chi connectivity index (χ1) is 13.1. The maximum Gasteiger partial charge on any atom is 0.416 e. The number of likely N-dealkylation sites (tertiary alicyclic amines) is 1. The topological polar surface area (TPSA) is 58.6 Å². The van der Waals surface area contributed by atoms with E-state index in [1.54, 1.807) is 12.1 Å². The smallest absolute Gasteiger partial charge is 0.416 e. The van der Waals surface area contributed by atoms with Crippen LogP contribution in [0.2, 0.25) is 0 Å². The summed E-state index contributed by atoms with van der Waals surface area (Å²) in [7, 11) is 0. The first-order valence-corrected chi connectivity index (χ1v) is 9.52. The zero-order chi connectivity index (χ0) is 20.2. The highest BCUT2D eigenvalue weighted by Crippen LogP contribution is 2.43. The van der Waals surface area contributed by atoms with Crippen LogP contribution in [0.4, 0.5) is 18.0 Å². The van der Waals surface area contributed by atoms with Gasteiger partial charge in [-0.05, 0) is 48.8 Å². The Labute approximate surface area is 161 Å². The number of nitrogens with one attached hydrogen (secondary N) is 1. The highest BCUT2D eigenvalue weighted by Gasteiger charge is 2.53. The molecule has 28 heavy (non-hydrogen) atoms. The van der Waals surface area contributed by atoms with Crippen LogP contribution in [0.25, 0.3) is 0 Å². The number of halogens is 3. The average Bonchev–Trinajstić information content (AvgIpc) is 3.02. The molecule has 0 unspecified atom stereocenters. The molecule has 5 nitrogen and oxygen atoms in total. The van der Waals surface area contributed by atoms with Gasteiger partial charge in [-0.1, -0.05) is 19.1 Å². The quantitative estimate of drug-likeness (QED) is 0.833. The second kappa shape index (κ2) is 6.39. The fraction of sp³-hybridized carbons (Fsp3) is 0.600. The summed E-state index contributed by atoms with van der Waals surface area (Å²) >= 11 is 0. The maximum absolute atomic E-state index is 12.8. The second-order valence-electron chi connectivity index (χ2n) is 8.55. The predicted molar refractivity (Wildman–Crippen MR) is 94.5 cm³/mol. The van der Waals surface area contributed by atoms with Gasteiger partial charge < -0.3 is 15.0 Å². The van der Waals surface area contributed by atoms with Crippen LogP contribution < -0.4 is 5.32 Å². The van der Waals surface area contributed by atoms with E-state index in [1.165, 1.54) is 0 Å². The third-order valence-electron chi connectivity index (χ3n) is 6.56. The fourth-order valence-corrected chi connectivity index (χ4v) is 4.60. The molecule has 1 aromatic carbocycles. The van der Waals surface area contributed by atoms with Gasteiger partial charge in [0, 0.05) is 19.0 Å². The Morgan fingerprint density at radius 2 is 1.79 bits per heavy atom. The number of alkyl carbamates (subject to hydrolysis) is 1. The molecule has 2 heterocycles. The molecule has 3 aliphatic rings. The van der Waals surface area contributed by atoms with Crippen molar-refractivity contribution < 1.29 is 27.5 Å². The lowest BCUT2D eigenvalue weighted by molar-refractivity contribution is -0.142. The highest BCUT2D eigenvalue weighted by atomic mass is 19.4. The zero-order valence-electron chi connectivity index (χ0n) is 15.6. The molecule has 8 heteroatoms. The number of hydrogen-bond acceptors (Lipinski definition) is 3. The summed E-state index contributed by atoms with van der Waals surface area (Å²) in [5.41, 5.74) is -0.382. The van der Waals surface area contributed by atoms with E-state index in [4.69, 9.17) is 4.74 Å². The molecule has 0 atom stereocenters. The second-order valence-corrected chi connectivity index (χ2v) is 8.55. The molecule has 1 N–H and O–H groups in total. The van der Waals surface area contributed by atoms with Crippen molar-refractivity contribution in [2.24, 2.45) is 5.92 Å². The fourth-order valence-electron chi connectivity index (χ4n) is 4.60. The number of rotatable bonds is 2. The Balaban J connectivity index is 1.34. The third-order valence-corrected chi connectivity index (χ3v) is 6.56. The average molecular weight is 396 g/mol. The number of carbonyl (C=O) groups excluding carboxylic acids is 2. The minimum absolute atomic E-state index is 0.0984. The van der Waals surface area contributed by atoms with Gasteiger partial charge in [0.15, 0.2) is 0 Å². The number of ether oxygens (including phenoxy) is 1. The molecule has 2 amide bonds. The Morgan fingerprint density at radius 1 is 1.18 bits per heavy atom. The summed E-state index contributed by atoms with van der Waals surface area (Å²) in [4.78, 5) is 25.8. The van der Waals surface area contributed by atoms with E-state index in [-0.39, 0.29) is 22.8 Å². The third kappa shape index (κ3) is 3.33. The number of benzene rings is 1. The number of hydrogen-bond donors (Lipinski definition) is 1. The Hall–Kier alpha value is -2.25. The van der Waals surface area contributed by atoms with Gasteiger partial charge in [0.2, 0.25) is 5.91 Å². The molecule has 0 radical (unpaired) electrons. The van der Waals surface area contributed by atoms with Gasteiger partial charge >= 0.3 is 12.3 Å². The van der Waals surface area contributed by atoms with Crippen LogP contribution in [0.1, 0.15) is 43.7 Å². The standard InChI is InChI=1S/C20H23F3N2O3/c1-18(14-2-4-15(5-3-14)20(21,22)23)6-8-25(9-7-18)16(26)13-10-19(11-13)12-28-17(27)24-19/h2-5,13H,6-12H2,1H3,(H,24,27)/t13-,19+. The summed E-state index contributed by atoms with van der Waals surface area (Å²) in [5, 5.41) is 2.79. The maximum atomic E-state index is 12.8. The number of carbonyl (C=O) groups is 2. The van der Waals surface area contributed by atoms with Crippen LogP contribution in [-0.4, -0.2) is 42.1 Å². The molecule has 1 aromatic rings. The molecule has 2 aliphatic heterocycles. The number of nitrogens with zero attached hydrogens (tertiary/aromatic N) is 1. The van der Waals surface area contributed by atoms with E-state index in [9.17, 15) is 22.8 Å². The monoisotopic (exact) mass is 396 g/mol. The van der Waals surface area contributed by atoms with Crippen LogP contribution in [0.15, 0.2) is 24.3 Å². The van der Waals surface area contributed by atoms with Crippen molar-refractivity contribution in [1.29, 1.82) is 0 Å². The molecule has 1 spiro atoms. The molecule has 2 saturated heterocycles. The lowest BCUT2D eigenvalue weighted by Gasteiger charge is -2.46. The van der Waals surface area contributed by atoms with E-state index >= 15 is 0 Å². The lowest BCUT2D eigenvalue weighted by Crippen LogP contribution is -2.59. The van der Waals surface area contributed by atoms with Crippen LogP contribution in [0.5, 0.6) is 0 Å². The van der Waals surface area contributed by atoms with Gasteiger partial charge in [0.25, 0.3) is 0 Å². The number of cyclic esters (lactones) is 1. The molecule has 0 aromatic heterocycles. The van der Waals surface area contributed by atoms with Crippen LogP contribution in [0, 0.1) is 5.92 Å². The van der Waals surface area contributed by atoms with Crippen LogP contribution in [0.3, 0.4) is 0 Å². The van der Waals surface area contributed by atoms with Crippen LogP contribution in [-0.2, 0) is 21.1 Å². The Bertz CT molecular complexity index is 777. The number of amides is 2. The van der Waals surface area contributed by atoms with E-state index in [0.717, 1.165) is 17.7 Å². The summed E-state index contributed by atoms with van der Waals surface area (Å²) in [6.45, 7) is 3.54. The van der Waals surface area contributed by atoms with E-state index in [1.807, 2.05) is 11.8 Å². The van der Waals surface area contributed by atoms with E-state index < -0.39 is 17.8 Å². The lowest BCUT2D eigenvalue weighted by atomic mass is 9.68. The van der Waals surface area contributed by atoms with Gasteiger partial charge in [-0.15, -0.1) is 0 Å². The Morgan fingerprint density at radius 3 is 2.29 bits per heavy atom. The summed E-state index contributed by atoms with van der Waals surface area (Å²) in [6.07, 6.45) is -2.13. The zero-order valence-corrected chi connectivity index (χ0v) is 15.6. The van der Waals surface area contributed by atoms with E-state index in [2.05, 4.69) is 5.32 Å². The molecular formula is C20H23F3N2O3. The Kier molecular flexibility index (Phi) is 4.35. The molecule has 1 saturated carbocycles. The van der Waals surface area contributed by atoms with Gasteiger partial charge in [0.05, 0.1) is 11.1 Å². The molecule has 152 valence electrons. The summed E-state index contributed by atoms with van der Waals surface area (Å²) in [6, 6.07) is 5.37. The first kappa shape index (κ1) is 19.1. The van der Waals surface area contributed by atoms with Gasteiger partial charge in [-0.3, -0.25) is 4.79 Å². The molecule has 3 fully saturated rings. The van der Waals surface area contributed by atoms with Crippen molar-refractivity contribution in [3.8, 4) is 0 Å². The number of piperidine rings is 1. The molecule has 4 rings (SSSR count). The van der Waals surface area contributed by atoms with Gasteiger partial charge in [0.1, 0.15) is 6.61 Å². The van der Waals surface area contributed by atoms with Crippen molar-refractivity contribution in [3.63, 3.8) is 0 Å². The first-order valence-electron chi connectivity index (χ1n) is 9.52. The minimum atomic E-state index is -4.33. The van der Waals surface area contributed by atoms with E-state index in [0.29, 0.717) is 45.4 Å². The summed E-state index contributed by atoms with van der Waals surface area (Å²) < 4.78 is 43.2. The van der Waals surface area contributed by atoms with Crippen molar-refractivity contribution in [2.45, 2.75) is 49.7 Å². The van der Waals surface area contributed by atoms with Crippen molar-refractivity contribution in [3.05, 3.63) is 35.4 Å². The van der Waals surface area contributed by atoms with Crippen molar-refractivity contribution >= 4 is 12.0 Å². The van der Waals surface area contributed by atoms with Crippen molar-refractivity contribution in [2.75, 3.05) is 19.7 Å². The van der Waals surface area contributed by atoms with Gasteiger partial charge in [-0.25, -0.2) is 4.79 Å². The normalized spacial score (nSPS) is 29.2. The van der Waals surface area contributed by atoms with Crippen molar-refractivity contribution in [1.82, 2.24) is 10.2 Å². The molecule has 0 bridgehead atoms. The number of alkyl halides is 3. The van der Waals surface area contributed by atoms with Gasteiger partial charge in [-0.2, -0.15) is 13.2 Å². The van der Waals surface area contributed by atoms with Crippen LogP contribution >= 0.6 is 0 Å². The predicted octanol–water partition coefficient (Wildman–Crippen LogP) is 3.47. The largest absolute Gasteiger partial charge is 0.447 e. The minimum Gasteiger partial charge on any atom is -0.447 e. The SMILES string of the molecule is CC1(c2ccc(C(F)(F)F)cc2)CCN(C(=O)[C@H]2C[C@]3(COC(=O)N3)C2)CC1. The summed E-state index contributed by atoms with van der Waals surface area (Å²) in [5.74, 6) is -0.00123.